The van der Waals surface area contributed by atoms with Crippen LogP contribution in [0.1, 0.15) is 41.9 Å². The minimum Gasteiger partial charge on any atom is -0.478 e. The summed E-state index contributed by atoms with van der Waals surface area (Å²) in [7, 11) is 0. The van der Waals surface area contributed by atoms with E-state index in [4.69, 9.17) is 5.11 Å². The molecule has 2 N–H and O–H groups in total. The fraction of sp³-hybridized carbons (Fsp3) is 0.545. The summed E-state index contributed by atoms with van der Waals surface area (Å²) in [4.78, 5) is 22.6. The molecule has 2 rings (SSSR count). The quantitative estimate of drug-likeness (QED) is 0.808. The molecule has 1 aromatic rings. The number of hydrogen-bond donors (Lipinski definition) is 2. The van der Waals surface area contributed by atoms with Gasteiger partial charge in [0.2, 0.25) is 5.91 Å². The second-order valence-electron chi connectivity index (χ2n) is 4.37. The van der Waals surface area contributed by atoms with Crippen LogP contribution in [0.3, 0.4) is 0 Å². The standard InChI is InChI=1S/C11H15N3O3/c1-6-9(11(16)17)5-14(13-6)7(2)10(15)12-8-3-4-8/h5,7-8H,3-4H2,1-2H3,(H,12,15)(H,16,17). The van der Waals surface area contributed by atoms with E-state index in [-0.39, 0.29) is 11.5 Å². The van der Waals surface area contributed by atoms with Gasteiger partial charge in [-0.25, -0.2) is 4.79 Å². The normalized spacial score (nSPS) is 16.6. The van der Waals surface area contributed by atoms with Gasteiger partial charge in [0.1, 0.15) is 11.6 Å². The van der Waals surface area contributed by atoms with Crippen molar-refractivity contribution < 1.29 is 14.7 Å². The first kappa shape index (κ1) is 11.6. The molecule has 1 aliphatic carbocycles. The summed E-state index contributed by atoms with van der Waals surface area (Å²) in [5.74, 6) is -1.14. The van der Waals surface area contributed by atoms with Crippen molar-refractivity contribution in [2.75, 3.05) is 0 Å². The maximum Gasteiger partial charge on any atom is 0.339 e. The lowest BCUT2D eigenvalue weighted by Crippen LogP contribution is -2.32. The third-order valence-corrected chi connectivity index (χ3v) is 2.85. The summed E-state index contributed by atoms with van der Waals surface area (Å²) in [5, 5.41) is 15.8. The van der Waals surface area contributed by atoms with E-state index in [0.29, 0.717) is 11.7 Å². The van der Waals surface area contributed by atoms with Crippen molar-refractivity contribution in [3.8, 4) is 0 Å². The smallest absolute Gasteiger partial charge is 0.339 e. The van der Waals surface area contributed by atoms with Gasteiger partial charge in [-0.15, -0.1) is 0 Å². The van der Waals surface area contributed by atoms with Crippen molar-refractivity contribution >= 4 is 11.9 Å². The average molecular weight is 237 g/mol. The predicted octanol–water partition coefficient (Wildman–Crippen LogP) is 0.729. The SMILES string of the molecule is Cc1nn(C(C)C(=O)NC2CC2)cc1C(=O)O. The lowest BCUT2D eigenvalue weighted by atomic mass is 10.2. The van der Waals surface area contributed by atoms with Crippen LogP contribution in [0, 0.1) is 6.92 Å². The van der Waals surface area contributed by atoms with Crippen LogP contribution < -0.4 is 5.32 Å². The molecular weight excluding hydrogens is 222 g/mol. The van der Waals surface area contributed by atoms with Crippen LogP contribution in [0.5, 0.6) is 0 Å². The second kappa shape index (κ2) is 4.20. The van der Waals surface area contributed by atoms with E-state index in [1.54, 1.807) is 13.8 Å². The molecule has 92 valence electrons. The zero-order chi connectivity index (χ0) is 12.6. The molecule has 1 atom stereocenters. The summed E-state index contributed by atoms with van der Waals surface area (Å²) in [6.07, 6.45) is 3.45. The molecule has 6 nitrogen and oxygen atoms in total. The monoisotopic (exact) mass is 237 g/mol. The van der Waals surface area contributed by atoms with E-state index < -0.39 is 12.0 Å². The number of hydrogen-bond acceptors (Lipinski definition) is 3. The number of carbonyl (C=O) groups excluding carboxylic acids is 1. The van der Waals surface area contributed by atoms with Crippen molar-refractivity contribution in [1.29, 1.82) is 0 Å². The van der Waals surface area contributed by atoms with Crippen molar-refractivity contribution in [3.05, 3.63) is 17.5 Å². The van der Waals surface area contributed by atoms with Gasteiger partial charge in [0.15, 0.2) is 0 Å². The molecule has 1 amide bonds. The first-order chi connectivity index (χ1) is 7.99. The Hall–Kier alpha value is -1.85. The topological polar surface area (TPSA) is 84.2 Å². The van der Waals surface area contributed by atoms with Gasteiger partial charge in [0.25, 0.3) is 0 Å². The van der Waals surface area contributed by atoms with Gasteiger partial charge in [-0.2, -0.15) is 5.10 Å². The third kappa shape index (κ3) is 2.46. The molecule has 1 aliphatic rings. The van der Waals surface area contributed by atoms with E-state index >= 15 is 0 Å². The van der Waals surface area contributed by atoms with Gasteiger partial charge < -0.3 is 10.4 Å². The molecule has 0 aromatic carbocycles. The average Bonchev–Trinajstić information content (AvgIpc) is 2.97. The molecule has 6 heteroatoms. The van der Waals surface area contributed by atoms with Crippen LogP contribution in [0.2, 0.25) is 0 Å². The first-order valence-corrected chi connectivity index (χ1v) is 5.58. The Morgan fingerprint density at radius 3 is 2.71 bits per heavy atom. The van der Waals surface area contributed by atoms with E-state index in [1.165, 1.54) is 10.9 Å². The fourth-order valence-electron chi connectivity index (χ4n) is 1.56. The van der Waals surface area contributed by atoms with E-state index in [1.807, 2.05) is 0 Å². The van der Waals surface area contributed by atoms with E-state index in [9.17, 15) is 9.59 Å². The number of carboxylic acid groups (broad SMARTS) is 1. The highest BCUT2D eigenvalue weighted by Crippen LogP contribution is 2.20. The van der Waals surface area contributed by atoms with Gasteiger partial charge in [-0.05, 0) is 26.7 Å². The Bertz CT molecular complexity index is 463. The van der Waals surface area contributed by atoms with Crippen molar-refractivity contribution in [2.24, 2.45) is 0 Å². The first-order valence-electron chi connectivity index (χ1n) is 5.58. The highest BCUT2D eigenvalue weighted by atomic mass is 16.4. The number of rotatable bonds is 4. The number of amides is 1. The molecule has 0 spiro atoms. The van der Waals surface area contributed by atoms with Crippen molar-refractivity contribution in [1.82, 2.24) is 15.1 Å². The van der Waals surface area contributed by atoms with Gasteiger partial charge in [-0.3, -0.25) is 9.48 Å². The van der Waals surface area contributed by atoms with Gasteiger partial charge in [-0.1, -0.05) is 0 Å². The van der Waals surface area contributed by atoms with Crippen LogP contribution in [0.25, 0.3) is 0 Å². The molecule has 17 heavy (non-hydrogen) atoms. The number of carbonyl (C=O) groups is 2. The predicted molar refractivity (Wildman–Crippen MR) is 59.8 cm³/mol. The number of aromatic nitrogens is 2. The lowest BCUT2D eigenvalue weighted by molar-refractivity contribution is -0.124. The summed E-state index contributed by atoms with van der Waals surface area (Å²) in [5.41, 5.74) is 0.555. The third-order valence-electron chi connectivity index (χ3n) is 2.85. The summed E-state index contributed by atoms with van der Waals surface area (Å²) < 4.78 is 1.40. The van der Waals surface area contributed by atoms with Crippen LogP contribution in [0.4, 0.5) is 0 Å². The highest BCUT2D eigenvalue weighted by molar-refractivity contribution is 5.88. The van der Waals surface area contributed by atoms with Crippen molar-refractivity contribution in [3.63, 3.8) is 0 Å². The summed E-state index contributed by atoms with van der Waals surface area (Å²) >= 11 is 0. The maximum absolute atomic E-state index is 11.8. The second-order valence-corrected chi connectivity index (χ2v) is 4.37. The van der Waals surface area contributed by atoms with Gasteiger partial charge in [0.05, 0.1) is 5.69 Å². The molecule has 0 aliphatic heterocycles. The van der Waals surface area contributed by atoms with Crippen molar-refractivity contribution in [2.45, 2.75) is 38.8 Å². The zero-order valence-electron chi connectivity index (χ0n) is 9.80. The maximum atomic E-state index is 11.8. The molecule has 1 aromatic heterocycles. The Labute approximate surface area is 98.6 Å². The molecule has 0 radical (unpaired) electrons. The van der Waals surface area contributed by atoms with Crippen LogP contribution in [-0.2, 0) is 4.79 Å². The molecule has 0 saturated heterocycles. The Kier molecular flexibility index (Phi) is 2.87. The zero-order valence-corrected chi connectivity index (χ0v) is 9.80. The minimum atomic E-state index is -1.02. The molecule has 1 fully saturated rings. The summed E-state index contributed by atoms with van der Waals surface area (Å²) in [6.45, 7) is 3.32. The van der Waals surface area contributed by atoms with Gasteiger partial charge >= 0.3 is 5.97 Å². The fourth-order valence-corrected chi connectivity index (χ4v) is 1.56. The van der Waals surface area contributed by atoms with E-state index in [0.717, 1.165) is 12.8 Å². The summed E-state index contributed by atoms with van der Waals surface area (Å²) in [6, 6.07) is -0.192. The Morgan fingerprint density at radius 1 is 1.59 bits per heavy atom. The largest absolute Gasteiger partial charge is 0.478 e. The van der Waals surface area contributed by atoms with Crippen LogP contribution in [-0.4, -0.2) is 32.8 Å². The lowest BCUT2D eigenvalue weighted by Gasteiger charge is -2.11. The highest BCUT2D eigenvalue weighted by Gasteiger charge is 2.27. The Morgan fingerprint density at radius 2 is 2.24 bits per heavy atom. The molecule has 1 saturated carbocycles. The minimum absolute atomic E-state index is 0.119. The molecule has 1 unspecified atom stereocenters. The number of nitrogens with one attached hydrogen (secondary N) is 1. The molecule has 0 bridgehead atoms. The van der Waals surface area contributed by atoms with Gasteiger partial charge in [0, 0.05) is 12.2 Å². The van der Waals surface area contributed by atoms with Crippen LogP contribution in [0.15, 0.2) is 6.20 Å². The number of carboxylic acids is 1. The number of aromatic carboxylic acids is 1. The molecular formula is C11H15N3O3. The molecule has 1 heterocycles. The number of nitrogens with zero attached hydrogens (tertiary/aromatic N) is 2. The van der Waals surface area contributed by atoms with Crippen LogP contribution >= 0.6 is 0 Å². The van der Waals surface area contributed by atoms with E-state index in [2.05, 4.69) is 10.4 Å². The Balaban J connectivity index is 2.12. The number of aryl methyl sites for hydroxylation is 1.